The van der Waals surface area contributed by atoms with Gasteiger partial charge in [-0.25, -0.2) is 0 Å². The summed E-state index contributed by atoms with van der Waals surface area (Å²) < 4.78 is 6.12. The van der Waals surface area contributed by atoms with E-state index in [-0.39, 0.29) is 17.4 Å². The number of para-hydroxylation sites is 1. The SMILES string of the molecule is O=C(CN1C(=O)S/C(=C\c2ccccc2OCc2ccc3ccccc3c2)C1=O)N1CCc2ccccc2C1. The minimum Gasteiger partial charge on any atom is -0.488 e. The van der Waals surface area contributed by atoms with Gasteiger partial charge in [0.1, 0.15) is 18.9 Å². The standard InChI is InChI=1S/C32H26N2O4S/c35-30(33-16-15-24-8-2-4-11-27(24)19-33)20-34-31(36)29(39-32(34)37)18-26-10-5-6-12-28(26)38-21-22-13-14-23-7-1-3-9-25(23)17-22/h1-14,17-18H,15-16,19-21H2/b29-18-. The van der Waals surface area contributed by atoms with E-state index in [9.17, 15) is 14.4 Å². The number of imide groups is 1. The summed E-state index contributed by atoms with van der Waals surface area (Å²) in [5, 5.41) is 1.87. The van der Waals surface area contributed by atoms with E-state index in [4.69, 9.17) is 4.74 Å². The van der Waals surface area contributed by atoms with Crippen LogP contribution in [0.2, 0.25) is 0 Å². The van der Waals surface area contributed by atoms with Crippen LogP contribution in [0.3, 0.4) is 0 Å². The number of carbonyl (C=O) groups is 3. The summed E-state index contributed by atoms with van der Waals surface area (Å²) >= 11 is 0.851. The highest BCUT2D eigenvalue weighted by atomic mass is 32.2. The van der Waals surface area contributed by atoms with Crippen LogP contribution in [-0.4, -0.2) is 39.9 Å². The molecule has 7 heteroatoms. The molecule has 4 aromatic rings. The predicted molar refractivity (Wildman–Crippen MR) is 153 cm³/mol. The molecule has 6 rings (SSSR count). The van der Waals surface area contributed by atoms with Crippen LogP contribution < -0.4 is 4.74 Å². The van der Waals surface area contributed by atoms with Crippen molar-refractivity contribution < 1.29 is 19.1 Å². The Labute approximate surface area is 230 Å². The molecule has 6 nitrogen and oxygen atoms in total. The van der Waals surface area contributed by atoms with Gasteiger partial charge in [-0.1, -0.05) is 78.9 Å². The molecule has 0 aliphatic carbocycles. The van der Waals surface area contributed by atoms with Gasteiger partial charge in [0.2, 0.25) is 5.91 Å². The normalized spacial score (nSPS) is 16.2. The number of nitrogens with zero attached hydrogens (tertiary/aromatic N) is 2. The Hall–Kier alpha value is -4.36. The molecule has 0 bridgehead atoms. The van der Waals surface area contributed by atoms with Crippen molar-refractivity contribution in [3.63, 3.8) is 0 Å². The molecule has 0 N–H and O–H groups in total. The lowest BCUT2D eigenvalue weighted by Gasteiger charge is -2.29. The van der Waals surface area contributed by atoms with E-state index in [1.165, 1.54) is 10.9 Å². The molecule has 0 unspecified atom stereocenters. The smallest absolute Gasteiger partial charge is 0.294 e. The van der Waals surface area contributed by atoms with Crippen molar-refractivity contribution in [3.8, 4) is 5.75 Å². The van der Waals surface area contributed by atoms with Crippen LogP contribution in [0.1, 0.15) is 22.3 Å². The fourth-order valence-electron chi connectivity index (χ4n) is 4.94. The first-order chi connectivity index (χ1) is 19.0. The maximum Gasteiger partial charge on any atom is 0.294 e. The first kappa shape index (κ1) is 24.9. The lowest BCUT2D eigenvalue weighted by molar-refractivity contribution is -0.136. The number of fused-ring (bicyclic) bond motifs is 2. The monoisotopic (exact) mass is 534 g/mol. The third kappa shape index (κ3) is 5.31. The summed E-state index contributed by atoms with van der Waals surface area (Å²) in [7, 11) is 0. The molecule has 0 saturated carbocycles. The third-order valence-corrected chi connectivity index (χ3v) is 7.97. The van der Waals surface area contributed by atoms with Gasteiger partial charge >= 0.3 is 0 Å². The third-order valence-electron chi connectivity index (χ3n) is 7.06. The molecular formula is C32H26N2O4S. The number of hydrogen-bond acceptors (Lipinski definition) is 5. The fraction of sp³-hybridized carbons (Fsp3) is 0.156. The lowest BCUT2D eigenvalue weighted by atomic mass is 10.00. The second kappa shape index (κ2) is 10.8. The summed E-state index contributed by atoms with van der Waals surface area (Å²) in [6.07, 6.45) is 2.43. The van der Waals surface area contributed by atoms with Gasteiger partial charge in [-0.2, -0.15) is 0 Å². The largest absolute Gasteiger partial charge is 0.488 e. The Morgan fingerprint density at radius 3 is 2.49 bits per heavy atom. The van der Waals surface area contributed by atoms with Crippen LogP contribution in [0, 0.1) is 0 Å². The maximum absolute atomic E-state index is 13.2. The molecule has 2 heterocycles. The molecular weight excluding hydrogens is 508 g/mol. The van der Waals surface area contributed by atoms with Crippen molar-refractivity contribution in [2.45, 2.75) is 19.6 Å². The molecule has 2 aliphatic rings. The maximum atomic E-state index is 13.2. The van der Waals surface area contributed by atoms with Gasteiger partial charge in [0.15, 0.2) is 0 Å². The van der Waals surface area contributed by atoms with Crippen LogP contribution in [0.15, 0.2) is 95.9 Å². The number of hydrogen-bond donors (Lipinski definition) is 0. The number of benzene rings is 4. The van der Waals surface area contributed by atoms with E-state index >= 15 is 0 Å². The summed E-state index contributed by atoms with van der Waals surface area (Å²) in [5.74, 6) is -0.0761. The number of rotatable bonds is 6. The van der Waals surface area contributed by atoms with Crippen LogP contribution >= 0.6 is 11.8 Å². The highest BCUT2D eigenvalue weighted by Gasteiger charge is 2.37. The first-order valence-corrected chi connectivity index (χ1v) is 13.7. The molecule has 0 radical (unpaired) electrons. The van der Waals surface area contributed by atoms with E-state index in [1.807, 2.05) is 60.7 Å². The minimum absolute atomic E-state index is 0.229. The zero-order valence-electron chi connectivity index (χ0n) is 21.2. The lowest BCUT2D eigenvalue weighted by Crippen LogP contribution is -2.44. The van der Waals surface area contributed by atoms with Gasteiger partial charge in [0.05, 0.1) is 4.91 Å². The van der Waals surface area contributed by atoms with E-state index in [1.54, 1.807) is 11.0 Å². The number of carbonyl (C=O) groups excluding carboxylic acids is 3. The highest BCUT2D eigenvalue weighted by Crippen LogP contribution is 2.34. The van der Waals surface area contributed by atoms with E-state index in [0.717, 1.165) is 39.6 Å². The Morgan fingerprint density at radius 1 is 0.872 bits per heavy atom. The van der Waals surface area contributed by atoms with Gasteiger partial charge in [-0.05, 0) is 63.9 Å². The minimum atomic E-state index is -0.458. The summed E-state index contributed by atoms with van der Waals surface area (Å²) in [6, 6.07) is 29.8. The molecule has 39 heavy (non-hydrogen) atoms. The highest BCUT2D eigenvalue weighted by molar-refractivity contribution is 8.18. The van der Waals surface area contributed by atoms with Crippen LogP contribution in [0.5, 0.6) is 5.75 Å². The van der Waals surface area contributed by atoms with Crippen molar-refractivity contribution in [2.75, 3.05) is 13.1 Å². The fourth-order valence-corrected chi connectivity index (χ4v) is 5.77. The molecule has 0 atom stereocenters. The van der Waals surface area contributed by atoms with Gasteiger partial charge in [0.25, 0.3) is 11.1 Å². The second-order valence-corrected chi connectivity index (χ2v) is 10.6. The topological polar surface area (TPSA) is 66.9 Å². The van der Waals surface area contributed by atoms with Crippen LogP contribution in [0.4, 0.5) is 4.79 Å². The van der Waals surface area contributed by atoms with Crippen LogP contribution in [-0.2, 0) is 29.2 Å². The van der Waals surface area contributed by atoms with Crippen molar-refractivity contribution in [1.29, 1.82) is 0 Å². The predicted octanol–water partition coefficient (Wildman–Crippen LogP) is 6.04. The zero-order valence-corrected chi connectivity index (χ0v) is 22.0. The number of thioether (sulfide) groups is 1. The Morgan fingerprint density at radius 2 is 1.62 bits per heavy atom. The van der Waals surface area contributed by atoms with E-state index in [0.29, 0.717) is 31.0 Å². The Balaban J connectivity index is 1.14. The molecule has 194 valence electrons. The molecule has 0 aromatic heterocycles. The van der Waals surface area contributed by atoms with Crippen molar-refractivity contribution >= 4 is 45.7 Å². The second-order valence-electron chi connectivity index (χ2n) is 9.61. The molecule has 1 fully saturated rings. The Bertz CT molecular complexity index is 1630. The quantitative estimate of drug-likeness (QED) is 0.282. The molecule has 3 amide bonds. The number of amides is 3. The van der Waals surface area contributed by atoms with Crippen molar-refractivity contribution in [2.24, 2.45) is 0 Å². The van der Waals surface area contributed by atoms with Gasteiger partial charge in [0, 0.05) is 18.7 Å². The van der Waals surface area contributed by atoms with E-state index in [2.05, 4.69) is 30.3 Å². The van der Waals surface area contributed by atoms with Crippen molar-refractivity contribution in [1.82, 2.24) is 9.80 Å². The van der Waals surface area contributed by atoms with E-state index < -0.39 is 11.1 Å². The van der Waals surface area contributed by atoms with Gasteiger partial charge in [-0.3, -0.25) is 19.3 Å². The van der Waals surface area contributed by atoms with Crippen LogP contribution in [0.25, 0.3) is 16.8 Å². The molecule has 1 saturated heterocycles. The van der Waals surface area contributed by atoms with Crippen molar-refractivity contribution in [3.05, 3.63) is 118 Å². The molecule has 4 aromatic carbocycles. The molecule has 0 spiro atoms. The first-order valence-electron chi connectivity index (χ1n) is 12.8. The summed E-state index contributed by atoms with van der Waals surface area (Å²) in [6.45, 7) is 1.17. The average molecular weight is 535 g/mol. The average Bonchev–Trinajstić information content (AvgIpc) is 3.23. The van der Waals surface area contributed by atoms with Gasteiger partial charge in [-0.15, -0.1) is 0 Å². The molecule has 2 aliphatic heterocycles. The Kier molecular flexibility index (Phi) is 6.90. The summed E-state index contributed by atoms with van der Waals surface area (Å²) in [5.41, 5.74) is 4.06. The van der Waals surface area contributed by atoms with Gasteiger partial charge < -0.3 is 9.64 Å². The summed E-state index contributed by atoms with van der Waals surface area (Å²) in [4.78, 5) is 41.9. The number of ether oxygens (including phenoxy) is 1. The zero-order chi connectivity index (χ0) is 26.8.